The second kappa shape index (κ2) is 5.90. The molecular formula is C12H14O4. The van der Waals surface area contributed by atoms with Crippen molar-refractivity contribution in [3.8, 4) is 11.5 Å². The molecule has 4 heteroatoms. The van der Waals surface area contributed by atoms with Gasteiger partial charge in [0.25, 0.3) is 0 Å². The van der Waals surface area contributed by atoms with Crippen molar-refractivity contribution in [2.45, 2.75) is 20.3 Å². The summed E-state index contributed by atoms with van der Waals surface area (Å²) in [5.74, 6) is 0.424. The number of ether oxygens (including phenoxy) is 2. The zero-order valence-corrected chi connectivity index (χ0v) is 9.36. The number of hydrogen-bond acceptors (Lipinski definition) is 4. The molecule has 0 unspecified atom stereocenters. The first-order valence-electron chi connectivity index (χ1n) is 5.14. The summed E-state index contributed by atoms with van der Waals surface area (Å²) in [6.07, 6.45) is 1.01. The van der Waals surface area contributed by atoms with Gasteiger partial charge >= 0.3 is 5.97 Å². The van der Waals surface area contributed by atoms with Crippen molar-refractivity contribution < 1.29 is 19.1 Å². The molecule has 0 heterocycles. The Bertz CT molecular complexity index is 385. The van der Waals surface area contributed by atoms with E-state index < -0.39 is 0 Å². The third-order valence-electron chi connectivity index (χ3n) is 1.92. The summed E-state index contributed by atoms with van der Waals surface area (Å²) in [7, 11) is 0. The highest BCUT2D eigenvalue weighted by molar-refractivity contribution is 5.78. The predicted octanol–water partition coefficient (Wildman–Crippen LogP) is 2.21. The summed E-state index contributed by atoms with van der Waals surface area (Å²) in [5, 5.41) is 0. The molecule has 1 rings (SSSR count). The summed E-state index contributed by atoms with van der Waals surface area (Å²) in [5.41, 5.74) is 0.486. The Morgan fingerprint density at radius 1 is 1.31 bits per heavy atom. The van der Waals surface area contributed by atoms with Gasteiger partial charge in [-0.05, 0) is 25.1 Å². The lowest BCUT2D eigenvalue weighted by atomic mass is 10.2. The third-order valence-corrected chi connectivity index (χ3v) is 1.92. The van der Waals surface area contributed by atoms with Crippen molar-refractivity contribution in [3.63, 3.8) is 0 Å². The largest absolute Gasteiger partial charge is 0.490 e. The number of aldehydes is 1. The number of esters is 1. The number of benzene rings is 1. The lowest BCUT2D eigenvalue weighted by Gasteiger charge is -2.10. The zero-order chi connectivity index (χ0) is 12.0. The molecule has 0 N–H and O–H groups in total. The minimum atomic E-state index is -0.334. The predicted molar refractivity (Wildman–Crippen MR) is 58.9 cm³/mol. The molecule has 0 aliphatic carbocycles. The molecule has 0 fully saturated rings. The molecule has 1 aromatic rings. The first kappa shape index (κ1) is 12.2. The quantitative estimate of drug-likeness (QED) is 0.435. The van der Waals surface area contributed by atoms with Crippen molar-refractivity contribution in [1.29, 1.82) is 0 Å². The average molecular weight is 222 g/mol. The number of hydrogen-bond donors (Lipinski definition) is 0. The van der Waals surface area contributed by atoms with E-state index in [0.717, 1.165) is 0 Å². The molecular weight excluding hydrogens is 208 g/mol. The summed E-state index contributed by atoms with van der Waals surface area (Å²) < 4.78 is 10.4. The Morgan fingerprint density at radius 2 is 2.06 bits per heavy atom. The average Bonchev–Trinajstić information content (AvgIpc) is 2.31. The number of carbonyl (C=O) groups is 2. The highest BCUT2D eigenvalue weighted by Crippen LogP contribution is 2.28. The van der Waals surface area contributed by atoms with Crippen LogP contribution in [0.15, 0.2) is 18.2 Å². The van der Waals surface area contributed by atoms with Gasteiger partial charge in [-0.2, -0.15) is 0 Å². The minimum absolute atomic E-state index is 0.293. The molecule has 0 amide bonds. The number of carbonyl (C=O) groups excluding carboxylic acids is 2. The monoisotopic (exact) mass is 222 g/mol. The van der Waals surface area contributed by atoms with Gasteiger partial charge in [-0.15, -0.1) is 0 Å². The van der Waals surface area contributed by atoms with Gasteiger partial charge in [0.05, 0.1) is 6.61 Å². The maximum Gasteiger partial charge on any atom is 0.311 e. The lowest BCUT2D eigenvalue weighted by molar-refractivity contribution is -0.134. The van der Waals surface area contributed by atoms with Crippen LogP contribution in [0.25, 0.3) is 0 Å². The highest BCUT2D eigenvalue weighted by Gasteiger charge is 2.09. The molecule has 0 radical (unpaired) electrons. The Morgan fingerprint density at radius 3 is 2.62 bits per heavy atom. The Hall–Kier alpha value is -1.84. The summed E-state index contributed by atoms with van der Waals surface area (Å²) >= 11 is 0. The van der Waals surface area contributed by atoms with Gasteiger partial charge in [-0.25, -0.2) is 0 Å². The van der Waals surface area contributed by atoms with E-state index in [0.29, 0.717) is 36.4 Å². The van der Waals surface area contributed by atoms with Crippen LogP contribution in [0, 0.1) is 0 Å². The van der Waals surface area contributed by atoms with E-state index in [1.54, 1.807) is 25.1 Å². The molecule has 0 aliphatic heterocycles. The van der Waals surface area contributed by atoms with Crippen molar-refractivity contribution in [1.82, 2.24) is 0 Å². The second-order valence-corrected chi connectivity index (χ2v) is 3.08. The van der Waals surface area contributed by atoms with E-state index in [4.69, 9.17) is 9.47 Å². The van der Waals surface area contributed by atoms with Crippen molar-refractivity contribution >= 4 is 12.3 Å². The van der Waals surface area contributed by atoms with Gasteiger partial charge in [0.1, 0.15) is 6.29 Å². The van der Waals surface area contributed by atoms with Gasteiger partial charge in [0.2, 0.25) is 0 Å². The van der Waals surface area contributed by atoms with E-state index in [1.807, 2.05) is 6.92 Å². The Balaban J connectivity index is 2.97. The molecule has 0 aliphatic rings. The van der Waals surface area contributed by atoms with Crippen LogP contribution >= 0.6 is 0 Å². The summed E-state index contributed by atoms with van der Waals surface area (Å²) in [6.45, 7) is 3.97. The van der Waals surface area contributed by atoms with E-state index in [1.165, 1.54) is 0 Å². The van der Waals surface area contributed by atoms with Crippen molar-refractivity contribution in [2.24, 2.45) is 0 Å². The standard InChI is InChI=1S/C12H14O4/c1-3-12(14)16-10-6-5-9(8-13)7-11(10)15-4-2/h5-8H,3-4H2,1-2H3. The molecule has 1 aromatic carbocycles. The van der Waals surface area contributed by atoms with Gasteiger partial charge in [0, 0.05) is 12.0 Å². The van der Waals surface area contributed by atoms with Crippen LogP contribution in [0.1, 0.15) is 30.6 Å². The summed E-state index contributed by atoms with van der Waals surface area (Å²) in [6, 6.07) is 4.69. The fourth-order valence-corrected chi connectivity index (χ4v) is 1.15. The lowest BCUT2D eigenvalue weighted by Crippen LogP contribution is -2.07. The molecule has 16 heavy (non-hydrogen) atoms. The van der Waals surface area contributed by atoms with E-state index in [-0.39, 0.29) is 5.97 Å². The normalized spacial score (nSPS) is 9.62. The molecule has 0 bridgehead atoms. The molecule has 0 aromatic heterocycles. The van der Waals surface area contributed by atoms with Crippen molar-refractivity contribution in [2.75, 3.05) is 6.61 Å². The maximum absolute atomic E-state index is 11.1. The maximum atomic E-state index is 11.1. The molecule has 0 saturated heterocycles. The highest BCUT2D eigenvalue weighted by atomic mass is 16.6. The summed E-state index contributed by atoms with van der Waals surface area (Å²) in [4.78, 5) is 21.7. The topological polar surface area (TPSA) is 52.6 Å². The fraction of sp³-hybridized carbons (Fsp3) is 0.333. The van der Waals surface area contributed by atoms with Gasteiger partial charge in [-0.1, -0.05) is 6.92 Å². The molecule has 0 atom stereocenters. The van der Waals surface area contributed by atoms with Gasteiger partial charge < -0.3 is 9.47 Å². The smallest absolute Gasteiger partial charge is 0.311 e. The van der Waals surface area contributed by atoms with E-state index in [2.05, 4.69) is 0 Å². The van der Waals surface area contributed by atoms with Crippen LogP contribution < -0.4 is 9.47 Å². The van der Waals surface area contributed by atoms with Crippen LogP contribution in [0.3, 0.4) is 0 Å². The number of rotatable bonds is 5. The van der Waals surface area contributed by atoms with E-state index >= 15 is 0 Å². The third kappa shape index (κ3) is 3.08. The molecule has 86 valence electrons. The van der Waals surface area contributed by atoms with Crippen LogP contribution in [0.2, 0.25) is 0 Å². The van der Waals surface area contributed by atoms with Crippen molar-refractivity contribution in [3.05, 3.63) is 23.8 Å². The van der Waals surface area contributed by atoms with E-state index in [9.17, 15) is 9.59 Å². The van der Waals surface area contributed by atoms with Crippen LogP contribution in [0.5, 0.6) is 11.5 Å². The van der Waals surface area contributed by atoms with Crippen LogP contribution in [0.4, 0.5) is 0 Å². The fourth-order valence-electron chi connectivity index (χ4n) is 1.15. The van der Waals surface area contributed by atoms with Gasteiger partial charge in [0.15, 0.2) is 11.5 Å². The first-order valence-corrected chi connectivity index (χ1v) is 5.14. The second-order valence-electron chi connectivity index (χ2n) is 3.08. The Labute approximate surface area is 94.2 Å². The first-order chi connectivity index (χ1) is 7.71. The molecule has 0 spiro atoms. The van der Waals surface area contributed by atoms with Crippen LogP contribution in [-0.4, -0.2) is 18.9 Å². The zero-order valence-electron chi connectivity index (χ0n) is 9.36. The minimum Gasteiger partial charge on any atom is -0.490 e. The SMILES string of the molecule is CCOc1cc(C=O)ccc1OC(=O)CC. The Kier molecular flexibility index (Phi) is 4.51. The molecule has 4 nitrogen and oxygen atoms in total. The molecule has 0 saturated carbocycles. The van der Waals surface area contributed by atoms with Gasteiger partial charge in [-0.3, -0.25) is 9.59 Å². The van der Waals surface area contributed by atoms with Crippen LogP contribution in [-0.2, 0) is 4.79 Å².